The Labute approximate surface area is 132 Å². The Morgan fingerprint density at radius 2 is 1.67 bits per heavy atom. The van der Waals surface area contributed by atoms with Crippen molar-refractivity contribution >= 4 is 8.07 Å². The molecule has 0 unspecified atom stereocenters. The van der Waals surface area contributed by atoms with Crippen LogP contribution in [-0.2, 0) is 6.42 Å². The Bertz CT molecular complexity index is 401. The maximum Gasteiger partial charge on any atom is 0.0580 e. The van der Waals surface area contributed by atoms with Gasteiger partial charge in [0, 0.05) is 0 Å². The molecule has 1 rings (SSSR count). The van der Waals surface area contributed by atoms with Crippen molar-refractivity contribution in [1.82, 2.24) is 0 Å². The van der Waals surface area contributed by atoms with E-state index in [0.717, 1.165) is 19.3 Å². The van der Waals surface area contributed by atoms with Gasteiger partial charge in [-0.05, 0) is 30.9 Å². The first-order valence-electron chi connectivity index (χ1n) is 8.44. The molecule has 0 fully saturated rings. The SMILES string of the molecule is C=C(C[C@@H](O)CCc1ccccc1)C[Si](CC)(CC)CC. The van der Waals surface area contributed by atoms with E-state index < -0.39 is 8.07 Å². The molecule has 1 nitrogen and oxygen atoms in total. The van der Waals surface area contributed by atoms with Crippen molar-refractivity contribution in [3.05, 3.63) is 48.0 Å². The van der Waals surface area contributed by atoms with Gasteiger partial charge in [0.25, 0.3) is 0 Å². The first-order chi connectivity index (χ1) is 10.0. The van der Waals surface area contributed by atoms with Crippen LogP contribution in [0.5, 0.6) is 0 Å². The molecule has 0 radical (unpaired) electrons. The lowest BCUT2D eigenvalue weighted by Crippen LogP contribution is -2.31. The second-order valence-corrected chi connectivity index (χ2v) is 11.8. The van der Waals surface area contributed by atoms with Gasteiger partial charge < -0.3 is 5.11 Å². The molecule has 0 aliphatic carbocycles. The lowest BCUT2D eigenvalue weighted by atomic mass is 10.0. The highest BCUT2D eigenvalue weighted by molar-refractivity contribution is 6.80. The van der Waals surface area contributed by atoms with E-state index in [0.29, 0.717) is 0 Å². The monoisotopic (exact) mass is 304 g/mol. The normalized spacial score (nSPS) is 13.1. The number of aliphatic hydroxyl groups excluding tert-OH is 1. The zero-order chi connectivity index (χ0) is 15.7. The van der Waals surface area contributed by atoms with E-state index in [1.807, 2.05) is 6.07 Å². The fraction of sp³-hybridized carbons (Fsp3) is 0.579. The van der Waals surface area contributed by atoms with Crippen molar-refractivity contribution in [2.75, 3.05) is 0 Å². The average molecular weight is 305 g/mol. The second-order valence-electron chi connectivity index (χ2n) is 6.37. The first kappa shape index (κ1) is 18.2. The summed E-state index contributed by atoms with van der Waals surface area (Å²) >= 11 is 0. The van der Waals surface area contributed by atoms with Crippen molar-refractivity contribution in [2.45, 2.75) is 70.3 Å². The number of rotatable bonds is 10. The fourth-order valence-electron chi connectivity index (χ4n) is 3.14. The van der Waals surface area contributed by atoms with Gasteiger partial charge in [0.15, 0.2) is 0 Å². The van der Waals surface area contributed by atoms with Gasteiger partial charge in [-0.1, -0.05) is 74.8 Å². The predicted octanol–water partition coefficient (Wildman–Crippen LogP) is 5.43. The van der Waals surface area contributed by atoms with Crippen molar-refractivity contribution in [2.24, 2.45) is 0 Å². The molecule has 0 bridgehead atoms. The van der Waals surface area contributed by atoms with Crippen LogP contribution in [0.4, 0.5) is 0 Å². The van der Waals surface area contributed by atoms with Crippen molar-refractivity contribution in [3.8, 4) is 0 Å². The van der Waals surface area contributed by atoms with Gasteiger partial charge in [0.05, 0.1) is 14.2 Å². The van der Waals surface area contributed by atoms with Gasteiger partial charge in [-0.3, -0.25) is 0 Å². The molecule has 0 aromatic heterocycles. The molecule has 1 aromatic rings. The number of aryl methyl sites for hydroxylation is 1. The van der Waals surface area contributed by atoms with Crippen LogP contribution in [0.15, 0.2) is 42.5 Å². The summed E-state index contributed by atoms with van der Waals surface area (Å²) in [4.78, 5) is 0. The van der Waals surface area contributed by atoms with Crippen LogP contribution in [0.1, 0.15) is 39.2 Å². The molecule has 1 atom stereocenters. The summed E-state index contributed by atoms with van der Waals surface area (Å²) in [5, 5.41) is 10.3. The first-order valence-corrected chi connectivity index (χ1v) is 11.3. The van der Waals surface area contributed by atoms with Crippen LogP contribution in [-0.4, -0.2) is 19.3 Å². The Morgan fingerprint density at radius 3 is 2.19 bits per heavy atom. The average Bonchev–Trinajstić information content (AvgIpc) is 2.52. The third-order valence-corrected chi connectivity index (χ3v) is 10.8. The topological polar surface area (TPSA) is 20.2 Å². The molecular weight excluding hydrogens is 272 g/mol. The lowest BCUT2D eigenvalue weighted by Gasteiger charge is -2.29. The molecule has 1 N–H and O–H groups in total. The number of aliphatic hydroxyl groups is 1. The van der Waals surface area contributed by atoms with Crippen LogP contribution in [0.2, 0.25) is 24.2 Å². The standard InChI is InChI=1S/C19H32OSi/c1-5-21(6-2,7-3)16-17(4)15-19(20)14-13-18-11-9-8-10-12-18/h8-12,19-20H,4-7,13-16H2,1-3H3/t19-/m0/s1. The van der Waals surface area contributed by atoms with Crippen LogP contribution in [0.25, 0.3) is 0 Å². The summed E-state index contributed by atoms with van der Waals surface area (Å²) in [7, 11) is -1.14. The molecule has 118 valence electrons. The Kier molecular flexibility index (Phi) is 7.98. The third kappa shape index (κ3) is 6.19. The third-order valence-electron chi connectivity index (χ3n) is 5.01. The highest BCUT2D eigenvalue weighted by Gasteiger charge is 2.27. The van der Waals surface area contributed by atoms with E-state index in [2.05, 4.69) is 51.6 Å². The zero-order valence-electron chi connectivity index (χ0n) is 14.1. The van der Waals surface area contributed by atoms with E-state index >= 15 is 0 Å². The summed E-state index contributed by atoms with van der Waals surface area (Å²) in [5.41, 5.74) is 2.58. The zero-order valence-corrected chi connectivity index (χ0v) is 15.1. The Balaban J connectivity index is 2.40. The number of hydrogen-bond donors (Lipinski definition) is 1. The second kappa shape index (κ2) is 9.21. The molecule has 0 aliphatic rings. The maximum atomic E-state index is 10.3. The Hall–Kier alpha value is -0.863. The molecule has 21 heavy (non-hydrogen) atoms. The Morgan fingerprint density at radius 1 is 1.10 bits per heavy atom. The molecule has 0 saturated heterocycles. The minimum Gasteiger partial charge on any atom is -0.393 e. The molecule has 1 aromatic carbocycles. The minimum atomic E-state index is -1.14. The fourth-order valence-corrected chi connectivity index (χ4v) is 6.60. The number of benzene rings is 1. The van der Waals surface area contributed by atoms with Crippen LogP contribution >= 0.6 is 0 Å². The molecule has 0 aliphatic heterocycles. The van der Waals surface area contributed by atoms with Gasteiger partial charge in [-0.25, -0.2) is 0 Å². The molecule has 2 heteroatoms. The lowest BCUT2D eigenvalue weighted by molar-refractivity contribution is 0.165. The quantitative estimate of drug-likeness (QED) is 0.451. The summed E-state index contributed by atoms with van der Waals surface area (Å²) in [6, 6.07) is 15.6. The van der Waals surface area contributed by atoms with Gasteiger partial charge in [0.2, 0.25) is 0 Å². The minimum absolute atomic E-state index is 0.241. The summed E-state index contributed by atoms with van der Waals surface area (Å²) in [6.07, 6.45) is 2.33. The van der Waals surface area contributed by atoms with E-state index in [1.54, 1.807) is 0 Å². The molecular formula is C19H32OSi. The van der Waals surface area contributed by atoms with Crippen molar-refractivity contribution < 1.29 is 5.11 Å². The van der Waals surface area contributed by atoms with E-state index in [9.17, 15) is 5.11 Å². The summed E-state index contributed by atoms with van der Waals surface area (Å²) in [6.45, 7) is 11.2. The van der Waals surface area contributed by atoms with Gasteiger partial charge in [-0.2, -0.15) is 0 Å². The van der Waals surface area contributed by atoms with Gasteiger partial charge >= 0.3 is 0 Å². The van der Waals surface area contributed by atoms with Gasteiger partial charge in [-0.15, -0.1) is 6.58 Å². The van der Waals surface area contributed by atoms with Gasteiger partial charge in [0.1, 0.15) is 0 Å². The van der Waals surface area contributed by atoms with Crippen LogP contribution in [0.3, 0.4) is 0 Å². The van der Waals surface area contributed by atoms with Crippen molar-refractivity contribution in [1.29, 1.82) is 0 Å². The maximum absolute atomic E-state index is 10.3. The largest absolute Gasteiger partial charge is 0.393 e. The highest BCUT2D eigenvalue weighted by atomic mass is 28.3. The summed E-state index contributed by atoms with van der Waals surface area (Å²) in [5.74, 6) is 0. The van der Waals surface area contributed by atoms with Crippen LogP contribution < -0.4 is 0 Å². The summed E-state index contributed by atoms with van der Waals surface area (Å²) < 4.78 is 0. The molecule has 0 heterocycles. The highest BCUT2D eigenvalue weighted by Crippen LogP contribution is 2.30. The number of hydrogen-bond acceptors (Lipinski definition) is 1. The smallest absolute Gasteiger partial charge is 0.0580 e. The molecule has 0 amide bonds. The van der Waals surface area contributed by atoms with Crippen LogP contribution in [0, 0.1) is 0 Å². The molecule has 0 spiro atoms. The van der Waals surface area contributed by atoms with E-state index in [4.69, 9.17) is 0 Å². The molecule has 0 saturated carbocycles. The van der Waals surface area contributed by atoms with Crippen molar-refractivity contribution in [3.63, 3.8) is 0 Å². The van der Waals surface area contributed by atoms with E-state index in [-0.39, 0.29) is 6.10 Å². The predicted molar refractivity (Wildman–Crippen MR) is 96.5 cm³/mol. The van der Waals surface area contributed by atoms with E-state index in [1.165, 1.54) is 35.3 Å².